The molecular weight excluding hydrogens is 637 g/mol. The van der Waals surface area contributed by atoms with E-state index in [1.54, 1.807) is 0 Å². The maximum atomic E-state index is 6.70. The molecule has 5 heteroatoms. The molecule has 0 unspecified atom stereocenters. The van der Waals surface area contributed by atoms with E-state index in [1.807, 2.05) is 72.8 Å². The van der Waals surface area contributed by atoms with Crippen molar-refractivity contribution in [2.45, 2.75) is 0 Å². The summed E-state index contributed by atoms with van der Waals surface area (Å²) in [5, 5.41) is 9.23. The first-order valence-corrected chi connectivity index (χ1v) is 17.5. The van der Waals surface area contributed by atoms with Crippen LogP contribution in [0.1, 0.15) is 0 Å². The van der Waals surface area contributed by atoms with Crippen molar-refractivity contribution in [2.24, 2.45) is 0 Å². The Kier molecular flexibility index (Phi) is 6.18. The average Bonchev–Trinajstić information content (AvgIpc) is 3.77. The lowest BCUT2D eigenvalue weighted by Crippen LogP contribution is -2.02. The Bertz CT molecular complexity index is 3030. The van der Waals surface area contributed by atoms with Crippen molar-refractivity contribution in [3.8, 4) is 39.9 Å². The Hall–Kier alpha value is -7.11. The molecule has 3 heterocycles. The third kappa shape index (κ3) is 4.33. The fourth-order valence-corrected chi connectivity index (χ4v) is 7.86. The number of hydrogen-bond acceptors (Lipinski definition) is 4. The second-order valence-electron chi connectivity index (χ2n) is 13.2. The number of furan rings is 1. The molecule has 0 fully saturated rings. The molecule has 3 aromatic heterocycles. The smallest absolute Gasteiger partial charge is 0.164 e. The first kappa shape index (κ1) is 28.7. The Balaban J connectivity index is 1.31. The summed E-state index contributed by atoms with van der Waals surface area (Å²) in [5.74, 6) is 1.81. The summed E-state index contributed by atoms with van der Waals surface area (Å²) < 4.78 is 9.16. The van der Waals surface area contributed by atoms with E-state index in [4.69, 9.17) is 19.4 Å². The van der Waals surface area contributed by atoms with Crippen LogP contribution in [0.2, 0.25) is 0 Å². The third-order valence-electron chi connectivity index (χ3n) is 10.2. The first-order valence-electron chi connectivity index (χ1n) is 17.5. The van der Waals surface area contributed by atoms with Crippen molar-refractivity contribution < 1.29 is 4.42 Å². The normalized spacial score (nSPS) is 11.8. The lowest BCUT2D eigenvalue weighted by Gasteiger charge is -2.15. The zero-order chi connectivity index (χ0) is 34.2. The standard InChI is InChI=1S/C47H28N4O/c1-3-15-31(16-4-1)45-48-46(32-17-5-2-6-18-32)50-47(49-45)33-27-39(42-38-21-11-12-22-40(38)52-41(42)28-33)51-43-34-19-9-7-13-29(34)23-25-36(43)37-26-24-30-14-8-10-20-35(30)44(37)51/h1-28H. The minimum Gasteiger partial charge on any atom is -0.456 e. The van der Waals surface area contributed by atoms with Crippen LogP contribution in [0.15, 0.2) is 174 Å². The van der Waals surface area contributed by atoms with Crippen LogP contribution in [-0.4, -0.2) is 19.5 Å². The minimum absolute atomic E-state index is 0.576. The molecule has 0 N–H and O–H groups in total. The number of benzene rings is 8. The molecule has 0 spiro atoms. The van der Waals surface area contributed by atoms with Crippen LogP contribution in [0.5, 0.6) is 0 Å². The molecule has 11 aromatic rings. The van der Waals surface area contributed by atoms with Crippen LogP contribution < -0.4 is 0 Å². The van der Waals surface area contributed by atoms with Crippen molar-refractivity contribution >= 4 is 65.3 Å². The van der Waals surface area contributed by atoms with Crippen LogP contribution >= 0.6 is 0 Å². The van der Waals surface area contributed by atoms with Crippen LogP contribution in [-0.2, 0) is 0 Å². The molecule has 0 amide bonds. The second-order valence-corrected chi connectivity index (χ2v) is 13.2. The highest BCUT2D eigenvalue weighted by molar-refractivity contribution is 6.25. The minimum atomic E-state index is 0.576. The maximum absolute atomic E-state index is 6.70. The van der Waals surface area contributed by atoms with E-state index in [9.17, 15) is 0 Å². The van der Waals surface area contributed by atoms with Gasteiger partial charge >= 0.3 is 0 Å². The van der Waals surface area contributed by atoms with Gasteiger partial charge in [-0.25, -0.2) is 15.0 Å². The maximum Gasteiger partial charge on any atom is 0.164 e. The lowest BCUT2D eigenvalue weighted by atomic mass is 10.0. The topological polar surface area (TPSA) is 56.7 Å². The van der Waals surface area contributed by atoms with E-state index in [0.29, 0.717) is 17.5 Å². The molecule has 5 nitrogen and oxygen atoms in total. The van der Waals surface area contributed by atoms with Gasteiger partial charge in [0.1, 0.15) is 11.2 Å². The van der Waals surface area contributed by atoms with Crippen LogP contribution in [0.4, 0.5) is 0 Å². The van der Waals surface area contributed by atoms with Crippen LogP contribution in [0, 0.1) is 0 Å². The zero-order valence-corrected chi connectivity index (χ0v) is 27.9. The van der Waals surface area contributed by atoms with Crippen molar-refractivity contribution in [3.63, 3.8) is 0 Å². The van der Waals surface area contributed by atoms with Crippen molar-refractivity contribution in [3.05, 3.63) is 170 Å². The average molecular weight is 665 g/mol. The quantitative estimate of drug-likeness (QED) is 0.188. The monoisotopic (exact) mass is 664 g/mol. The predicted octanol–water partition coefficient (Wildman–Crippen LogP) is 12.2. The largest absolute Gasteiger partial charge is 0.456 e. The molecule has 0 saturated carbocycles. The highest BCUT2D eigenvalue weighted by Gasteiger charge is 2.23. The van der Waals surface area contributed by atoms with E-state index >= 15 is 0 Å². The fraction of sp³-hybridized carbons (Fsp3) is 0. The molecule has 0 aliphatic carbocycles. The Labute approximate surface area is 298 Å². The summed E-state index contributed by atoms with van der Waals surface area (Å²) in [5.41, 5.74) is 7.60. The van der Waals surface area contributed by atoms with Gasteiger partial charge < -0.3 is 8.98 Å². The molecule has 52 heavy (non-hydrogen) atoms. The summed E-state index contributed by atoms with van der Waals surface area (Å²) in [6, 6.07) is 59.1. The summed E-state index contributed by atoms with van der Waals surface area (Å²) in [7, 11) is 0. The fourth-order valence-electron chi connectivity index (χ4n) is 7.86. The SMILES string of the molecule is c1ccc(-c2nc(-c3ccccc3)nc(-c3cc(-n4c5c6ccccc6ccc5c5ccc6ccccc6c54)c4c(c3)oc3ccccc34)n2)cc1. The number of hydrogen-bond donors (Lipinski definition) is 0. The Morgan fingerprint density at radius 2 is 0.846 bits per heavy atom. The predicted molar refractivity (Wildman–Crippen MR) is 213 cm³/mol. The lowest BCUT2D eigenvalue weighted by molar-refractivity contribution is 0.669. The number of fused-ring (bicyclic) bond motifs is 10. The highest BCUT2D eigenvalue weighted by atomic mass is 16.3. The van der Waals surface area contributed by atoms with Gasteiger partial charge in [-0.3, -0.25) is 0 Å². The summed E-state index contributed by atoms with van der Waals surface area (Å²) in [6.45, 7) is 0. The van der Waals surface area contributed by atoms with E-state index in [2.05, 4.69) is 102 Å². The van der Waals surface area contributed by atoms with Gasteiger partial charge in [0.05, 0.1) is 22.1 Å². The molecule has 0 saturated heterocycles. The molecule has 242 valence electrons. The highest BCUT2D eigenvalue weighted by Crippen LogP contribution is 2.44. The van der Waals surface area contributed by atoms with Gasteiger partial charge in [0.2, 0.25) is 0 Å². The van der Waals surface area contributed by atoms with Gasteiger partial charge in [-0.2, -0.15) is 0 Å². The van der Waals surface area contributed by atoms with Gasteiger partial charge in [0, 0.05) is 43.6 Å². The van der Waals surface area contributed by atoms with E-state index in [1.165, 1.54) is 32.3 Å². The van der Waals surface area contributed by atoms with Crippen molar-refractivity contribution in [2.75, 3.05) is 0 Å². The molecule has 0 aliphatic rings. The molecule has 11 rings (SSSR count). The zero-order valence-electron chi connectivity index (χ0n) is 27.9. The van der Waals surface area contributed by atoms with Crippen LogP contribution in [0.25, 0.3) is 105 Å². The molecule has 0 atom stereocenters. The Morgan fingerprint density at radius 1 is 0.365 bits per heavy atom. The first-order chi connectivity index (χ1) is 25.8. The van der Waals surface area contributed by atoms with Crippen molar-refractivity contribution in [1.29, 1.82) is 0 Å². The van der Waals surface area contributed by atoms with E-state index < -0.39 is 0 Å². The van der Waals surface area contributed by atoms with Gasteiger partial charge in [-0.05, 0) is 29.0 Å². The number of para-hydroxylation sites is 1. The summed E-state index contributed by atoms with van der Waals surface area (Å²) in [4.78, 5) is 15.2. The molecular formula is C47H28N4O. The second kappa shape index (κ2) is 11.2. The number of rotatable bonds is 4. The molecule has 0 aliphatic heterocycles. The third-order valence-corrected chi connectivity index (χ3v) is 10.2. The number of aromatic nitrogens is 4. The van der Waals surface area contributed by atoms with E-state index in [-0.39, 0.29) is 0 Å². The van der Waals surface area contributed by atoms with Gasteiger partial charge in [0.25, 0.3) is 0 Å². The van der Waals surface area contributed by atoms with Gasteiger partial charge in [-0.15, -0.1) is 0 Å². The van der Waals surface area contributed by atoms with Gasteiger partial charge in [-0.1, -0.05) is 152 Å². The van der Waals surface area contributed by atoms with Gasteiger partial charge in [0.15, 0.2) is 17.5 Å². The van der Waals surface area contributed by atoms with E-state index in [0.717, 1.165) is 55.3 Å². The molecule has 0 bridgehead atoms. The van der Waals surface area contributed by atoms with Crippen molar-refractivity contribution in [1.82, 2.24) is 19.5 Å². The molecule has 8 aromatic carbocycles. The summed E-state index contributed by atoms with van der Waals surface area (Å²) >= 11 is 0. The number of nitrogens with zero attached hydrogens (tertiary/aromatic N) is 4. The van der Waals surface area contributed by atoms with Crippen LogP contribution in [0.3, 0.4) is 0 Å². The Morgan fingerprint density at radius 3 is 1.42 bits per heavy atom. The molecule has 0 radical (unpaired) electrons. The summed E-state index contributed by atoms with van der Waals surface area (Å²) in [6.07, 6.45) is 0.